The number of carbonyl (C=O) groups excluding carboxylic acids is 8. The normalized spacial score (nSPS) is 23.0. The number of hydrogen-bond donors (Lipinski definition) is 0. The molecule has 0 bridgehead atoms. The molecule has 7 aliphatic heterocycles. The Morgan fingerprint density at radius 2 is 0.640 bits per heavy atom. The zero-order chi connectivity index (χ0) is 90.9. The summed E-state index contributed by atoms with van der Waals surface area (Å²) in [6.07, 6.45) is 6.57. The van der Waals surface area contributed by atoms with E-state index >= 15 is 0 Å². The van der Waals surface area contributed by atoms with E-state index in [1.807, 2.05) is 177 Å². The van der Waals surface area contributed by atoms with E-state index in [0.717, 1.165) is 68.0 Å². The lowest BCUT2D eigenvalue weighted by atomic mass is 9.93. The van der Waals surface area contributed by atoms with Crippen molar-refractivity contribution in [2.24, 2.45) is 0 Å². The zero-order valence-electron chi connectivity index (χ0n) is 71.0. The molecule has 0 N–H and O–H groups in total. The number of β-lactam (4-membered cyclic amide) rings is 7. The lowest BCUT2D eigenvalue weighted by molar-refractivity contribution is -0.159. The summed E-state index contributed by atoms with van der Waals surface area (Å²) in [6.45, 7) is 4.16. The number of methoxy groups -OCH3 is 8. The molecule has 36 heteroatoms. The monoisotopic (exact) mass is 1980 g/mol. The van der Waals surface area contributed by atoms with Crippen molar-refractivity contribution in [2.75, 3.05) is 93.4 Å². The minimum absolute atomic E-state index is 0.0000743. The number of unbranched alkanes of at least 4 members (excludes halogenated alkanes) is 1. The van der Waals surface area contributed by atoms with Gasteiger partial charge in [-0.1, -0.05) is 282 Å². The van der Waals surface area contributed by atoms with Crippen molar-refractivity contribution < 1.29 is 80.6 Å². The van der Waals surface area contributed by atoms with Crippen LogP contribution in [0.2, 0.25) is 20.1 Å². The lowest BCUT2D eigenvalue weighted by Gasteiger charge is -2.45. The highest BCUT2D eigenvalue weighted by Crippen LogP contribution is 2.50. The molecule has 14 atom stereocenters. The van der Waals surface area contributed by atoms with E-state index < -0.39 is 36.6 Å². The van der Waals surface area contributed by atoms with Gasteiger partial charge in [-0.15, -0.1) is 0 Å². The lowest BCUT2D eigenvalue weighted by Crippen LogP contribution is -2.56. The van der Waals surface area contributed by atoms with Crippen LogP contribution in [0.4, 0.5) is 4.39 Å². The quantitative estimate of drug-likeness (QED) is 0.0192. The molecule has 0 radical (unpaired) electrons. The Morgan fingerprint density at radius 3 is 0.976 bits per heavy atom. The van der Waals surface area contributed by atoms with E-state index in [9.17, 15) is 42.7 Å². The molecule has 0 saturated carbocycles. The summed E-state index contributed by atoms with van der Waals surface area (Å²) >= 11 is 38.4. The molecule has 23 nitrogen and oxygen atoms in total. The van der Waals surface area contributed by atoms with E-state index in [2.05, 4.69) is 39.7 Å². The first-order chi connectivity index (χ1) is 60.4. The van der Waals surface area contributed by atoms with Gasteiger partial charge in [0.1, 0.15) is 48.1 Å². The Kier molecular flexibility index (Phi) is 40.7. The van der Waals surface area contributed by atoms with Crippen LogP contribution < -0.4 is 0 Å². The summed E-state index contributed by atoms with van der Waals surface area (Å²) in [6, 6.07) is 61.0. The number of esters is 1. The van der Waals surface area contributed by atoms with Crippen LogP contribution in [0.25, 0.3) is 0 Å². The second-order valence-electron chi connectivity index (χ2n) is 27.7. The average molecular weight is 1990 g/mol. The minimum atomic E-state index is -0.565. The van der Waals surface area contributed by atoms with Crippen molar-refractivity contribution in [3.8, 4) is 0 Å². The van der Waals surface area contributed by atoms with E-state index in [-0.39, 0.29) is 102 Å². The topological polar surface area (TPSA) is 233 Å². The highest BCUT2D eigenvalue weighted by Gasteiger charge is 2.55. The molecule has 14 unspecified atom stereocenters. The second kappa shape index (κ2) is 49.9. The molecule has 8 aromatic rings. The molecule has 7 saturated heterocycles. The molecule has 0 aliphatic carbocycles. The van der Waals surface area contributed by atoms with Crippen LogP contribution in [-0.2, 0) is 77.2 Å². The summed E-state index contributed by atoms with van der Waals surface area (Å²) in [7, 11) is 12.1. The average Bonchev–Trinajstić information content (AvgIpc) is 0.764. The summed E-state index contributed by atoms with van der Waals surface area (Å²) in [5.74, 6) is 1.80. The molecule has 8 aromatic carbocycles. The van der Waals surface area contributed by atoms with E-state index in [1.165, 1.54) is 109 Å². The number of benzene rings is 8. The molecule has 125 heavy (non-hydrogen) atoms. The van der Waals surface area contributed by atoms with E-state index in [0.29, 0.717) is 31.2 Å². The third kappa shape index (κ3) is 23.4. The fraction of sp³-hybridized carbons (Fsp3) is 0.371. The number of nitrogens with zero attached hydrogens (tertiary/aromatic N) is 7. The number of hydrogen-bond acceptors (Lipinski definition) is 23. The molecule has 7 amide bonds. The van der Waals surface area contributed by atoms with Crippen LogP contribution in [0.3, 0.4) is 0 Å². The van der Waals surface area contributed by atoms with Gasteiger partial charge in [0.05, 0.1) is 12.7 Å². The van der Waals surface area contributed by atoms with Crippen molar-refractivity contribution in [2.45, 2.75) is 117 Å². The van der Waals surface area contributed by atoms with Crippen LogP contribution in [0.5, 0.6) is 0 Å². The van der Waals surface area contributed by atoms with Gasteiger partial charge in [0.15, 0.2) is 42.7 Å². The van der Waals surface area contributed by atoms with Crippen molar-refractivity contribution >= 4 is 193 Å². The van der Waals surface area contributed by atoms with Gasteiger partial charge < -0.3 is 37.9 Å². The van der Waals surface area contributed by atoms with Gasteiger partial charge in [-0.3, -0.25) is 63.7 Å². The van der Waals surface area contributed by atoms with E-state index in [1.54, 1.807) is 110 Å². The van der Waals surface area contributed by atoms with Gasteiger partial charge in [0.25, 0.3) is 41.4 Å². The number of ether oxygens (including phenoxy) is 8. The fourth-order valence-corrected chi connectivity index (χ4v) is 22.0. The number of carbonyl (C=O) groups is 8. The first-order valence-electron chi connectivity index (χ1n) is 39.1. The molecular weight excluding hydrogens is 1890 g/mol. The van der Waals surface area contributed by atoms with Gasteiger partial charge in [0, 0.05) is 122 Å². The van der Waals surface area contributed by atoms with Gasteiger partial charge in [-0.25, -0.2) is 9.18 Å². The SMILES string of the molecule is CCCCSN1C(=O)C(OC)C1c1ccccc1Cl.CCSN1C(=O)C(OC)C1c1ccccc1Cl.COC(=O)c1ccc(C2C(OC)C(=O)N2SC)cc1.COC1C(=O)N(SC)C1c1ccccc1Br.COC1C(=O)N(SC)C1c1ccccc1Cl.COC1C(=O)N(SC)C1c1ccccc1F.COC1C(=O)N(SCc2ccccc2)C1c1ccccc1Cl. The highest BCUT2D eigenvalue weighted by molar-refractivity contribution is 9.10. The molecule has 0 aromatic heterocycles. The smallest absolute Gasteiger partial charge is 0.337 e. The van der Waals surface area contributed by atoms with Crippen LogP contribution in [0.15, 0.2) is 205 Å². The zero-order valence-corrected chi connectivity index (χ0v) is 81.3. The van der Waals surface area contributed by atoms with Crippen molar-refractivity contribution in [1.82, 2.24) is 30.1 Å². The molecular formula is C89H99BrCl4FN7O16S7. The third-order valence-electron chi connectivity index (χ3n) is 20.8. The number of amides is 7. The van der Waals surface area contributed by atoms with Crippen LogP contribution >= 0.6 is 146 Å². The van der Waals surface area contributed by atoms with E-state index in [4.69, 9.17) is 79.6 Å². The number of halogens is 6. The maximum absolute atomic E-state index is 13.6. The summed E-state index contributed by atoms with van der Waals surface area (Å²) in [4.78, 5) is 94.1. The minimum Gasteiger partial charge on any atom is -0.465 e. The summed E-state index contributed by atoms with van der Waals surface area (Å²) < 4.78 is 67.8. The predicted octanol–water partition coefficient (Wildman–Crippen LogP) is 19.5. The molecule has 7 aliphatic rings. The van der Waals surface area contributed by atoms with Crippen LogP contribution in [0.1, 0.15) is 124 Å². The maximum atomic E-state index is 13.6. The van der Waals surface area contributed by atoms with Crippen molar-refractivity contribution in [3.63, 3.8) is 0 Å². The molecule has 15 rings (SSSR count). The van der Waals surface area contributed by atoms with Gasteiger partial charge in [0.2, 0.25) is 0 Å². The Morgan fingerprint density at radius 1 is 0.352 bits per heavy atom. The standard InChI is InChI=1S/C17H16ClNO2S.C14H18ClNO2S.C13H15NO4S.C12H14ClNO2S.C11H12BrNO2S.C11H12ClNO2S.C11H12FNO2S/c1-21-16-15(13-9-5-6-10-14(13)18)19(17(16)20)22-11-12-7-3-2-4-8-12;1-3-4-9-19-16-12(13(18-2)14(16)17)10-7-5-6-8-11(10)15;1-17-11-10(14(19-3)12(11)15)8-4-6-9(7-5-8)13(16)18-2;1-3-17-14-10(11(16-2)12(14)15)8-6-4-5-7-9(8)13;3*1-15-10-9(13(16-2)11(10)14)7-5-3-4-6-8(7)12/h2-10,15-16H,11H2,1H3;5-8,12-13H,3-4,9H2,1-2H3;4-7,10-11H,1-3H3;4-7,10-11H,3H2,1-2H3;3*3-6,9-10H,1-2H3. The Labute approximate surface area is 788 Å². The van der Waals surface area contributed by atoms with Gasteiger partial charge >= 0.3 is 5.97 Å². The second-order valence-corrected chi connectivity index (χ2v) is 36.4. The molecule has 670 valence electrons. The Hall–Kier alpha value is -6.74. The van der Waals surface area contributed by atoms with Crippen molar-refractivity contribution in [3.05, 3.63) is 281 Å². The van der Waals surface area contributed by atoms with Gasteiger partial charge in [-0.2, -0.15) is 0 Å². The molecule has 0 spiro atoms. The summed E-state index contributed by atoms with van der Waals surface area (Å²) in [5.41, 5.74) is 7.96. The largest absolute Gasteiger partial charge is 0.465 e. The first kappa shape index (κ1) is 102. The summed E-state index contributed by atoms with van der Waals surface area (Å²) in [5, 5.41) is 2.69. The fourth-order valence-electron chi connectivity index (χ4n) is 14.4. The van der Waals surface area contributed by atoms with Crippen LogP contribution in [-0.4, -0.2) is 214 Å². The molecule has 7 heterocycles. The first-order valence-corrected chi connectivity index (χ1v) is 49.0. The predicted molar refractivity (Wildman–Crippen MR) is 504 cm³/mol. The Balaban J connectivity index is 0.000000166. The highest BCUT2D eigenvalue weighted by atomic mass is 79.9. The Bertz CT molecular complexity index is 4730. The third-order valence-corrected chi connectivity index (χ3v) is 29.3. The maximum Gasteiger partial charge on any atom is 0.337 e. The number of rotatable bonds is 28. The van der Waals surface area contributed by atoms with Gasteiger partial charge in [-0.05, 0) is 130 Å². The molecule has 7 fully saturated rings. The van der Waals surface area contributed by atoms with Crippen molar-refractivity contribution in [1.29, 1.82) is 0 Å². The van der Waals surface area contributed by atoms with Crippen LogP contribution in [0, 0.1) is 5.82 Å².